The Kier molecular flexibility index (Phi) is 4.40. The molecule has 9 heteroatoms. The van der Waals surface area contributed by atoms with Gasteiger partial charge in [-0.1, -0.05) is 30.3 Å². The van der Waals surface area contributed by atoms with Crippen molar-refractivity contribution >= 4 is 22.6 Å². The van der Waals surface area contributed by atoms with E-state index in [2.05, 4.69) is 20.7 Å². The van der Waals surface area contributed by atoms with Crippen molar-refractivity contribution in [2.75, 3.05) is 12.5 Å². The van der Waals surface area contributed by atoms with E-state index in [9.17, 15) is 9.59 Å². The lowest BCUT2D eigenvalue weighted by Gasteiger charge is -2.09. The number of benzene rings is 2. The molecular formula is C22H16N6O3. The van der Waals surface area contributed by atoms with Crippen molar-refractivity contribution in [1.29, 1.82) is 0 Å². The van der Waals surface area contributed by atoms with Crippen LogP contribution in [0.2, 0.25) is 0 Å². The molecule has 0 bridgehead atoms. The Bertz CT molecular complexity index is 1470. The fraction of sp³-hybridized carbons (Fsp3) is 0.0455. The van der Waals surface area contributed by atoms with Crippen LogP contribution in [0, 0.1) is 0 Å². The fourth-order valence-corrected chi connectivity index (χ4v) is 3.32. The molecular weight excluding hydrogens is 396 g/mol. The predicted molar refractivity (Wildman–Crippen MR) is 115 cm³/mol. The molecule has 3 aromatic heterocycles. The average molecular weight is 412 g/mol. The molecule has 0 fully saturated rings. The number of nitrogens with zero attached hydrogens (tertiary/aromatic N) is 5. The second kappa shape index (κ2) is 7.38. The van der Waals surface area contributed by atoms with E-state index in [1.807, 2.05) is 30.3 Å². The number of nitrogens with one attached hydrogen (secondary N) is 1. The highest BCUT2D eigenvalue weighted by Gasteiger charge is 2.15. The SMILES string of the molecule is COc1ccc(C(=O)Nn2ccc3c(nnc4c(-c5ccccc5)cnn43)c2=O)cc1. The third-order valence-electron chi connectivity index (χ3n) is 4.92. The maximum atomic E-state index is 12.9. The van der Waals surface area contributed by atoms with Crippen LogP contribution >= 0.6 is 0 Å². The van der Waals surface area contributed by atoms with Gasteiger partial charge in [-0.05, 0) is 35.9 Å². The van der Waals surface area contributed by atoms with E-state index in [0.29, 0.717) is 22.5 Å². The number of hydrogen-bond acceptors (Lipinski definition) is 6. The van der Waals surface area contributed by atoms with Crippen molar-refractivity contribution in [1.82, 2.24) is 24.5 Å². The predicted octanol–water partition coefficient (Wildman–Crippen LogP) is 2.50. The van der Waals surface area contributed by atoms with Crippen molar-refractivity contribution in [2.24, 2.45) is 0 Å². The molecule has 0 aliphatic rings. The van der Waals surface area contributed by atoms with Crippen LogP contribution in [0.4, 0.5) is 0 Å². The normalized spacial score (nSPS) is 11.0. The summed E-state index contributed by atoms with van der Waals surface area (Å²) in [6, 6.07) is 17.9. The fourth-order valence-electron chi connectivity index (χ4n) is 3.32. The van der Waals surface area contributed by atoms with Gasteiger partial charge in [0.15, 0.2) is 11.2 Å². The Morgan fingerprint density at radius 1 is 1.00 bits per heavy atom. The first-order valence-electron chi connectivity index (χ1n) is 9.42. The Morgan fingerprint density at radius 3 is 2.52 bits per heavy atom. The standard InChI is InChI=1S/C22H16N6O3/c1-31-16-9-7-15(8-10-16)21(29)26-27-12-11-18-19(22(27)30)24-25-20-17(13-23-28(18)20)14-5-3-2-4-6-14/h2-13H,1H3,(H,26,29). The molecule has 1 N–H and O–H groups in total. The van der Waals surface area contributed by atoms with Gasteiger partial charge in [-0.25, -0.2) is 9.19 Å². The Hall–Kier alpha value is -4.53. The minimum absolute atomic E-state index is 0.0905. The Morgan fingerprint density at radius 2 is 1.77 bits per heavy atom. The average Bonchev–Trinajstić information content (AvgIpc) is 3.26. The molecule has 31 heavy (non-hydrogen) atoms. The monoisotopic (exact) mass is 412 g/mol. The Balaban J connectivity index is 1.53. The number of pyridine rings is 1. The van der Waals surface area contributed by atoms with Crippen LogP contribution in [-0.2, 0) is 0 Å². The van der Waals surface area contributed by atoms with Crippen LogP contribution in [0.3, 0.4) is 0 Å². The zero-order valence-corrected chi connectivity index (χ0v) is 16.4. The number of methoxy groups -OCH3 is 1. The van der Waals surface area contributed by atoms with Crippen molar-refractivity contribution in [3.05, 3.63) is 89.0 Å². The van der Waals surface area contributed by atoms with Gasteiger partial charge in [0.2, 0.25) is 0 Å². The van der Waals surface area contributed by atoms with Gasteiger partial charge < -0.3 is 4.74 Å². The second-order valence-corrected chi connectivity index (χ2v) is 6.75. The van der Waals surface area contributed by atoms with Crippen molar-refractivity contribution in [3.8, 4) is 16.9 Å². The number of rotatable bonds is 4. The molecule has 0 saturated heterocycles. The van der Waals surface area contributed by atoms with E-state index in [4.69, 9.17) is 4.74 Å². The molecule has 152 valence electrons. The zero-order valence-electron chi connectivity index (χ0n) is 16.4. The molecule has 2 aromatic carbocycles. The lowest BCUT2D eigenvalue weighted by Crippen LogP contribution is -2.33. The lowest BCUT2D eigenvalue weighted by atomic mass is 10.1. The van der Waals surface area contributed by atoms with Crippen LogP contribution in [0.5, 0.6) is 5.75 Å². The summed E-state index contributed by atoms with van der Waals surface area (Å²) < 4.78 is 7.74. The second-order valence-electron chi connectivity index (χ2n) is 6.75. The highest BCUT2D eigenvalue weighted by molar-refractivity contribution is 6.00. The van der Waals surface area contributed by atoms with E-state index >= 15 is 0 Å². The lowest BCUT2D eigenvalue weighted by molar-refractivity contribution is 0.101. The van der Waals surface area contributed by atoms with Gasteiger partial charge in [-0.3, -0.25) is 15.0 Å². The summed E-state index contributed by atoms with van der Waals surface area (Å²) in [6.07, 6.45) is 3.16. The third-order valence-corrected chi connectivity index (χ3v) is 4.92. The molecule has 0 spiro atoms. The number of hydrogen-bond donors (Lipinski definition) is 1. The van der Waals surface area contributed by atoms with Gasteiger partial charge in [0.1, 0.15) is 11.3 Å². The number of carbonyl (C=O) groups excluding carboxylic acids is 1. The first kappa shape index (κ1) is 18.5. The Labute approximate surface area is 175 Å². The summed E-state index contributed by atoms with van der Waals surface area (Å²) in [4.78, 5) is 25.4. The molecule has 0 unspecified atom stereocenters. The molecule has 3 heterocycles. The molecule has 0 saturated carbocycles. The van der Waals surface area contributed by atoms with Crippen molar-refractivity contribution < 1.29 is 9.53 Å². The third kappa shape index (κ3) is 3.18. The van der Waals surface area contributed by atoms with Crippen molar-refractivity contribution in [2.45, 2.75) is 0 Å². The summed E-state index contributed by atoms with van der Waals surface area (Å²) >= 11 is 0. The molecule has 0 aliphatic heterocycles. The van der Waals surface area contributed by atoms with Crippen LogP contribution in [-0.4, -0.2) is 37.5 Å². The van der Waals surface area contributed by atoms with E-state index in [1.54, 1.807) is 48.2 Å². The largest absolute Gasteiger partial charge is 0.497 e. The van der Waals surface area contributed by atoms with E-state index in [0.717, 1.165) is 15.8 Å². The van der Waals surface area contributed by atoms with Crippen LogP contribution in [0.1, 0.15) is 10.4 Å². The van der Waals surface area contributed by atoms with Gasteiger partial charge in [0.25, 0.3) is 11.5 Å². The molecule has 5 aromatic rings. The summed E-state index contributed by atoms with van der Waals surface area (Å²) in [5.74, 6) is 0.191. The highest BCUT2D eigenvalue weighted by Crippen LogP contribution is 2.23. The summed E-state index contributed by atoms with van der Waals surface area (Å²) in [5.41, 5.74) is 5.32. The van der Waals surface area contributed by atoms with Gasteiger partial charge in [0.05, 0.1) is 13.3 Å². The summed E-state index contributed by atoms with van der Waals surface area (Å²) in [5, 5.41) is 12.7. The van der Waals surface area contributed by atoms with Gasteiger partial charge in [-0.15, -0.1) is 10.2 Å². The van der Waals surface area contributed by atoms with Crippen LogP contribution in [0.25, 0.3) is 27.8 Å². The molecule has 0 aliphatic carbocycles. The molecule has 0 radical (unpaired) electrons. The topological polar surface area (TPSA) is 103 Å². The molecule has 5 rings (SSSR count). The molecule has 1 amide bonds. The van der Waals surface area contributed by atoms with Crippen molar-refractivity contribution in [3.63, 3.8) is 0 Å². The number of carbonyl (C=O) groups is 1. The maximum Gasteiger partial charge on any atom is 0.299 e. The quantitative estimate of drug-likeness (QED) is 0.486. The van der Waals surface area contributed by atoms with Crippen LogP contribution < -0.4 is 15.7 Å². The van der Waals surface area contributed by atoms with E-state index in [-0.39, 0.29) is 5.52 Å². The molecule has 9 nitrogen and oxygen atoms in total. The van der Waals surface area contributed by atoms with E-state index in [1.165, 1.54) is 6.20 Å². The first-order valence-corrected chi connectivity index (χ1v) is 9.42. The van der Waals surface area contributed by atoms with Crippen LogP contribution in [0.15, 0.2) is 77.9 Å². The van der Waals surface area contributed by atoms with Gasteiger partial charge >= 0.3 is 0 Å². The maximum absolute atomic E-state index is 12.9. The summed E-state index contributed by atoms with van der Waals surface area (Å²) in [6.45, 7) is 0. The minimum atomic E-state index is -0.509. The first-order chi connectivity index (χ1) is 15.2. The number of fused-ring (bicyclic) bond motifs is 3. The van der Waals surface area contributed by atoms with Gasteiger partial charge in [0, 0.05) is 17.3 Å². The molecule has 0 atom stereocenters. The minimum Gasteiger partial charge on any atom is -0.497 e. The van der Waals surface area contributed by atoms with E-state index < -0.39 is 11.5 Å². The zero-order chi connectivity index (χ0) is 21.4. The summed E-state index contributed by atoms with van der Waals surface area (Å²) in [7, 11) is 1.55. The highest BCUT2D eigenvalue weighted by atomic mass is 16.5. The number of aromatic nitrogens is 5. The smallest absolute Gasteiger partial charge is 0.299 e. The number of amides is 1. The number of ether oxygens (including phenoxy) is 1. The van der Waals surface area contributed by atoms with Gasteiger partial charge in [-0.2, -0.15) is 5.10 Å².